The average molecular weight is 892 g/mol. The average Bonchev–Trinajstić information content (AvgIpc) is 4.06. The molecule has 3 aliphatic carbocycles. The molecule has 19 heteroatoms. The topological polar surface area (TPSA) is 190 Å². The number of benzene rings is 2. The van der Waals surface area contributed by atoms with E-state index in [1.165, 1.54) is 27.6 Å². The molecule has 9 rings (SSSR count). The van der Waals surface area contributed by atoms with Crippen molar-refractivity contribution in [3.05, 3.63) is 72.3 Å². The second-order valence-electron chi connectivity index (χ2n) is 17.3. The molecule has 1 saturated heterocycles. The van der Waals surface area contributed by atoms with Crippen LogP contribution in [0.15, 0.2) is 66.7 Å². The normalized spacial score (nSPS) is 26.6. The second-order valence-corrected chi connectivity index (χ2v) is 19.2. The van der Waals surface area contributed by atoms with Gasteiger partial charge in [0.2, 0.25) is 27.7 Å². The minimum atomic E-state index is -4.74. The molecule has 3 N–H and O–H groups in total. The number of fused-ring (bicyclic) bond motifs is 5. The van der Waals surface area contributed by atoms with E-state index in [4.69, 9.17) is 9.47 Å². The zero-order valence-electron chi connectivity index (χ0n) is 34.3. The Bertz CT molecular complexity index is 2580. The molecule has 4 aromatic rings. The molecule has 4 amide bonds. The van der Waals surface area contributed by atoms with Crippen LogP contribution in [0.3, 0.4) is 0 Å². The fraction of sp³-hybridized carbons (Fsp3) is 0.500. The number of carbonyl (C=O) groups excluding carboxylic acids is 4. The van der Waals surface area contributed by atoms with Crippen molar-refractivity contribution in [2.24, 2.45) is 5.92 Å². The number of sulfonamides is 1. The van der Waals surface area contributed by atoms with Gasteiger partial charge in [-0.05, 0) is 76.3 Å². The highest BCUT2D eigenvalue weighted by Crippen LogP contribution is 2.46. The Morgan fingerprint density at radius 1 is 0.921 bits per heavy atom. The van der Waals surface area contributed by atoms with Crippen LogP contribution in [0.25, 0.3) is 27.8 Å². The standard InChI is InChI=1S/C44H48F3N7O8S/c45-44(46,47)31-17-11-19-32-37(31)38-48-34(26-12-5-4-6-13-26)23-36(54(38)51-32)61-29-22-35-39(55)50-43(41(57)52-63(59,60)30-20-21-30)24-27(43)14-7-2-1-3-8-18-33(40(56)53(35)25-29)49-42(58)62-28-15-9-10-16-28/h4-7,11-14,17,19,23,27-30,33,35H,1-3,8-10,15-16,18,20-22,24-25H2,(H,49,58)(H,50,55)(H,52,57)/b14-7-/t27-,29-,33+,35+,43-/m1/s1. The molecule has 4 heterocycles. The fourth-order valence-electron chi connectivity index (χ4n) is 9.13. The predicted molar refractivity (Wildman–Crippen MR) is 222 cm³/mol. The molecule has 2 aliphatic heterocycles. The van der Waals surface area contributed by atoms with Gasteiger partial charge in [0.05, 0.1) is 34.0 Å². The van der Waals surface area contributed by atoms with Gasteiger partial charge in [-0.15, -0.1) is 0 Å². The largest absolute Gasteiger partial charge is 0.472 e. The van der Waals surface area contributed by atoms with Gasteiger partial charge in [-0.2, -0.15) is 22.8 Å². The summed E-state index contributed by atoms with van der Waals surface area (Å²) in [5, 5.41) is 9.14. The molecule has 3 saturated carbocycles. The third-order valence-corrected chi connectivity index (χ3v) is 14.6. The molecule has 334 valence electrons. The smallest absolute Gasteiger partial charge is 0.417 e. The van der Waals surface area contributed by atoms with E-state index in [9.17, 15) is 40.8 Å². The Morgan fingerprint density at radius 3 is 2.43 bits per heavy atom. The number of ether oxygens (including phenoxy) is 2. The summed E-state index contributed by atoms with van der Waals surface area (Å²) in [6, 6.07) is 11.6. The van der Waals surface area contributed by atoms with Crippen molar-refractivity contribution in [1.29, 1.82) is 0 Å². The van der Waals surface area contributed by atoms with Crippen LogP contribution in [0, 0.1) is 5.92 Å². The van der Waals surface area contributed by atoms with Crippen LogP contribution < -0.4 is 20.1 Å². The first-order valence-electron chi connectivity index (χ1n) is 21.6. The summed E-state index contributed by atoms with van der Waals surface area (Å²) in [6.45, 7) is -0.204. The van der Waals surface area contributed by atoms with Crippen molar-refractivity contribution in [3.8, 4) is 17.1 Å². The number of alkyl halides is 3. The number of aromatic nitrogens is 3. The summed E-state index contributed by atoms with van der Waals surface area (Å²) in [6.07, 6.45) is 3.94. The SMILES string of the molecule is O=C(N[C@H]1CCCCC/C=C\[C@@H]2C[C@@]2(C(=O)NS(=O)(=O)C2CC2)NC(=O)[C@@H]2C[C@@H](Oc3cc(-c4ccccc4)nc4c5c(C(F)(F)F)cccc5nn34)CN2C1=O)OC1CCCC1. The van der Waals surface area contributed by atoms with E-state index in [1.807, 2.05) is 12.2 Å². The highest BCUT2D eigenvalue weighted by Gasteiger charge is 2.62. The molecule has 2 aromatic heterocycles. The zero-order valence-corrected chi connectivity index (χ0v) is 35.1. The molecular weight excluding hydrogens is 844 g/mol. The molecule has 63 heavy (non-hydrogen) atoms. The van der Waals surface area contributed by atoms with Crippen molar-refractivity contribution in [2.75, 3.05) is 6.54 Å². The van der Waals surface area contributed by atoms with Gasteiger partial charge in [-0.1, -0.05) is 61.4 Å². The number of hydrogen-bond donors (Lipinski definition) is 3. The molecule has 15 nitrogen and oxygen atoms in total. The van der Waals surface area contributed by atoms with Crippen molar-refractivity contribution in [1.82, 2.24) is 34.9 Å². The van der Waals surface area contributed by atoms with Crippen molar-refractivity contribution >= 4 is 50.4 Å². The number of nitrogens with one attached hydrogen (secondary N) is 3. The lowest BCUT2D eigenvalue weighted by Crippen LogP contribution is -2.58. The van der Waals surface area contributed by atoms with E-state index in [2.05, 4.69) is 25.4 Å². The summed E-state index contributed by atoms with van der Waals surface area (Å²) in [5.41, 5.74) is -1.79. The van der Waals surface area contributed by atoms with Gasteiger partial charge in [0, 0.05) is 24.0 Å². The first-order valence-corrected chi connectivity index (χ1v) is 23.2. The Morgan fingerprint density at radius 2 is 1.68 bits per heavy atom. The number of hydrogen-bond acceptors (Lipinski definition) is 10. The zero-order chi connectivity index (χ0) is 44.1. The molecule has 2 aromatic carbocycles. The van der Waals surface area contributed by atoms with E-state index >= 15 is 0 Å². The van der Waals surface area contributed by atoms with Gasteiger partial charge in [0.15, 0.2) is 5.65 Å². The van der Waals surface area contributed by atoms with E-state index in [1.54, 1.807) is 30.3 Å². The third-order valence-electron chi connectivity index (χ3n) is 12.7. The minimum absolute atomic E-state index is 0.00730. The van der Waals surface area contributed by atoms with Gasteiger partial charge in [-0.3, -0.25) is 19.1 Å². The Kier molecular flexibility index (Phi) is 11.3. The van der Waals surface area contributed by atoms with Gasteiger partial charge in [0.1, 0.15) is 29.8 Å². The minimum Gasteiger partial charge on any atom is -0.472 e. The van der Waals surface area contributed by atoms with Crippen LogP contribution in [0.4, 0.5) is 18.0 Å². The number of rotatable bonds is 8. The lowest BCUT2D eigenvalue weighted by Gasteiger charge is -2.30. The molecule has 5 atom stereocenters. The predicted octanol–water partition coefficient (Wildman–Crippen LogP) is 5.96. The van der Waals surface area contributed by atoms with E-state index in [0.29, 0.717) is 50.5 Å². The Hall–Kier alpha value is -5.72. The maximum absolute atomic E-state index is 14.8. The monoisotopic (exact) mass is 891 g/mol. The van der Waals surface area contributed by atoms with Crippen LogP contribution in [-0.2, 0) is 35.3 Å². The molecule has 4 fully saturated rings. The molecule has 5 aliphatic rings. The van der Waals surface area contributed by atoms with E-state index < -0.39 is 80.5 Å². The van der Waals surface area contributed by atoms with Crippen molar-refractivity contribution in [2.45, 2.75) is 125 Å². The molecular formula is C44H48F3N7O8S. The van der Waals surface area contributed by atoms with Crippen molar-refractivity contribution in [3.63, 3.8) is 0 Å². The fourth-order valence-corrected chi connectivity index (χ4v) is 10.5. The van der Waals surface area contributed by atoms with Crippen LogP contribution in [0.5, 0.6) is 5.88 Å². The highest BCUT2D eigenvalue weighted by molar-refractivity contribution is 7.91. The number of carbonyl (C=O) groups is 4. The lowest BCUT2D eigenvalue weighted by molar-refractivity contribution is -0.141. The van der Waals surface area contributed by atoms with Crippen molar-refractivity contribution < 1.29 is 50.2 Å². The summed E-state index contributed by atoms with van der Waals surface area (Å²) < 4.78 is 84.8. The molecule has 0 radical (unpaired) electrons. The number of alkyl carbamates (subject to hydrolysis) is 1. The summed E-state index contributed by atoms with van der Waals surface area (Å²) in [4.78, 5) is 62.5. The molecule has 0 unspecified atom stereocenters. The molecule has 0 spiro atoms. The second kappa shape index (κ2) is 16.8. The number of allylic oxidation sites excluding steroid dienone is 1. The molecule has 0 bridgehead atoms. The van der Waals surface area contributed by atoms with Crippen LogP contribution in [0.2, 0.25) is 0 Å². The Balaban J connectivity index is 1.08. The quantitative estimate of drug-likeness (QED) is 0.178. The number of nitrogens with zero attached hydrogens (tertiary/aromatic N) is 4. The van der Waals surface area contributed by atoms with Gasteiger partial charge in [0.25, 0.3) is 5.91 Å². The van der Waals surface area contributed by atoms with E-state index in [-0.39, 0.29) is 60.0 Å². The van der Waals surface area contributed by atoms with Gasteiger partial charge in [-0.25, -0.2) is 18.2 Å². The highest BCUT2D eigenvalue weighted by atomic mass is 32.2. The maximum Gasteiger partial charge on any atom is 0.417 e. The Labute approximate surface area is 361 Å². The first kappa shape index (κ1) is 42.6. The lowest BCUT2D eigenvalue weighted by atomic mass is 10.0. The summed E-state index contributed by atoms with van der Waals surface area (Å²) in [5.74, 6) is -2.72. The number of halogens is 3. The first-order chi connectivity index (χ1) is 30.2. The number of amides is 4. The van der Waals surface area contributed by atoms with Gasteiger partial charge < -0.3 is 25.0 Å². The summed E-state index contributed by atoms with van der Waals surface area (Å²) in [7, 11) is -3.98. The van der Waals surface area contributed by atoms with Crippen LogP contribution >= 0.6 is 0 Å². The maximum atomic E-state index is 14.8. The van der Waals surface area contributed by atoms with Crippen LogP contribution in [-0.4, -0.2) is 93.4 Å². The van der Waals surface area contributed by atoms with Crippen LogP contribution in [0.1, 0.15) is 89.0 Å². The van der Waals surface area contributed by atoms with Gasteiger partial charge >= 0.3 is 12.3 Å². The summed E-state index contributed by atoms with van der Waals surface area (Å²) >= 11 is 0. The van der Waals surface area contributed by atoms with E-state index in [0.717, 1.165) is 25.3 Å². The third kappa shape index (κ3) is 8.80.